The van der Waals surface area contributed by atoms with E-state index in [2.05, 4.69) is 0 Å². The lowest BCUT2D eigenvalue weighted by Crippen LogP contribution is -2.12. The van der Waals surface area contributed by atoms with Crippen LogP contribution >= 0.6 is 0 Å². The zero-order chi connectivity index (χ0) is 53.4. The van der Waals surface area contributed by atoms with Crippen LogP contribution < -0.4 is 0 Å². The maximum absolute atomic E-state index is 14.8. The molecular weight excluding hydrogens is 1010 g/mol. The fraction of sp³-hybridized carbons (Fsp3) is 0.0893. The summed E-state index contributed by atoms with van der Waals surface area (Å²) >= 11 is 0. The molecule has 0 spiro atoms. The molecule has 4 nitrogen and oxygen atoms in total. The van der Waals surface area contributed by atoms with Crippen molar-refractivity contribution in [2.75, 3.05) is 0 Å². The van der Waals surface area contributed by atoms with Gasteiger partial charge in [0.2, 0.25) is 0 Å². The predicted molar refractivity (Wildman–Crippen MR) is 252 cm³/mol. The van der Waals surface area contributed by atoms with E-state index in [-0.39, 0.29) is 84.9 Å². The first-order valence-corrected chi connectivity index (χ1v) is 22.2. The van der Waals surface area contributed by atoms with Gasteiger partial charge in [-0.2, -0.15) is 65.9 Å². The molecule has 0 radical (unpaired) electrons. The highest BCUT2D eigenvalue weighted by molar-refractivity contribution is 6.12. The van der Waals surface area contributed by atoms with Crippen LogP contribution in [0.4, 0.5) is 65.9 Å². The molecule has 0 saturated carbocycles. The van der Waals surface area contributed by atoms with Crippen molar-refractivity contribution in [3.05, 3.63) is 204 Å². The van der Waals surface area contributed by atoms with E-state index in [4.69, 9.17) is 15.0 Å². The van der Waals surface area contributed by atoms with Gasteiger partial charge in [0.1, 0.15) is 0 Å². The van der Waals surface area contributed by atoms with Gasteiger partial charge >= 0.3 is 30.9 Å². The normalized spacial score (nSPS) is 12.7. The summed E-state index contributed by atoms with van der Waals surface area (Å²) in [5.74, 6) is 0.240. The number of nitrogens with zero attached hydrogens (tertiary/aromatic N) is 4. The highest BCUT2D eigenvalue weighted by Gasteiger charge is 2.40. The van der Waals surface area contributed by atoms with E-state index in [9.17, 15) is 65.9 Å². The van der Waals surface area contributed by atoms with Gasteiger partial charge in [-0.15, -0.1) is 0 Å². The Labute approximate surface area is 414 Å². The van der Waals surface area contributed by atoms with Crippen LogP contribution in [-0.2, 0) is 30.9 Å². The van der Waals surface area contributed by atoms with E-state index >= 15 is 0 Å². The van der Waals surface area contributed by atoms with Crippen LogP contribution in [0.5, 0.6) is 0 Å². The molecule has 378 valence electrons. The topological polar surface area (TPSA) is 43.6 Å². The summed E-state index contributed by atoms with van der Waals surface area (Å²) < 4.78 is 215. The van der Waals surface area contributed by atoms with Crippen molar-refractivity contribution in [1.82, 2.24) is 19.5 Å². The second kappa shape index (κ2) is 18.2. The molecular formula is C56H29F15N4. The van der Waals surface area contributed by atoms with E-state index in [0.717, 1.165) is 12.1 Å². The number of fused-ring (bicyclic) bond motifs is 3. The van der Waals surface area contributed by atoms with Crippen LogP contribution in [0.3, 0.4) is 0 Å². The van der Waals surface area contributed by atoms with Crippen LogP contribution in [0, 0.1) is 0 Å². The first-order chi connectivity index (χ1) is 35.3. The van der Waals surface area contributed by atoms with E-state index < -0.39 is 69.8 Å². The molecule has 10 aromatic rings. The van der Waals surface area contributed by atoms with E-state index in [1.165, 1.54) is 71.3 Å². The number of aromatic nitrogens is 4. The number of hydrogen-bond donors (Lipinski definition) is 0. The molecule has 10 rings (SSSR count). The summed E-state index contributed by atoms with van der Waals surface area (Å²) in [5.41, 5.74) is -7.76. The lowest BCUT2D eigenvalue weighted by Gasteiger charge is -2.19. The van der Waals surface area contributed by atoms with Gasteiger partial charge in [0.25, 0.3) is 0 Å². The van der Waals surface area contributed by atoms with Gasteiger partial charge in [-0.3, -0.25) is 0 Å². The monoisotopic (exact) mass is 1040 g/mol. The Morgan fingerprint density at radius 2 is 0.653 bits per heavy atom. The minimum Gasteiger partial charge on any atom is -0.308 e. The molecule has 0 aliphatic heterocycles. The SMILES string of the molecule is FC(F)(F)c1ccc(-c2ccc(-c3nc(-c4ccccc4)nc(-c4ccccc4)n3)c(-n3c4cc(-c5ccc(C(F)(F)F)cc5C(F)(F)F)ccc4c4ccc(-c5ccc(C(F)(F)F)cc5C(F)(F)F)cc43)c2)cc1. The molecule has 0 fully saturated rings. The Kier molecular flexibility index (Phi) is 12.1. The van der Waals surface area contributed by atoms with Crippen molar-refractivity contribution in [1.29, 1.82) is 0 Å². The van der Waals surface area contributed by atoms with Crippen molar-refractivity contribution in [3.8, 4) is 73.2 Å². The van der Waals surface area contributed by atoms with Crippen LogP contribution in [0.15, 0.2) is 176 Å². The number of hydrogen-bond acceptors (Lipinski definition) is 3. The first-order valence-electron chi connectivity index (χ1n) is 22.2. The molecule has 19 heteroatoms. The second-order valence-corrected chi connectivity index (χ2v) is 17.2. The van der Waals surface area contributed by atoms with Crippen molar-refractivity contribution in [2.45, 2.75) is 30.9 Å². The van der Waals surface area contributed by atoms with Crippen molar-refractivity contribution >= 4 is 21.8 Å². The third-order valence-corrected chi connectivity index (χ3v) is 12.4. The number of halogens is 15. The van der Waals surface area contributed by atoms with E-state index in [1.807, 2.05) is 0 Å². The van der Waals surface area contributed by atoms with Crippen molar-refractivity contribution < 1.29 is 65.9 Å². The Balaban J connectivity index is 1.33. The Morgan fingerprint density at radius 1 is 0.280 bits per heavy atom. The molecule has 2 heterocycles. The fourth-order valence-electron chi connectivity index (χ4n) is 8.89. The Hall–Kier alpha value is -8.48. The molecule has 8 aromatic carbocycles. The van der Waals surface area contributed by atoms with Gasteiger partial charge < -0.3 is 4.57 Å². The number of benzene rings is 8. The maximum atomic E-state index is 14.8. The van der Waals surface area contributed by atoms with Crippen LogP contribution in [0.2, 0.25) is 0 Å². The summed E-state index contributed by atoms with van der Waals surface area (Å²) in [6, 6.07) is 35.5. The largest absolute Gasteiger partial charge is 0.417 e. The molecule has 0 amide bonds. The van der Waals surface area contributed by atoms with Crippen LogP contribution in [0.1, 0.15) is 27.8 Å². The summed E-state index contributed by atoms with van der Waals surface area (Å²) in [6.45, 7) is 0. The van der Waals surface area contributed by atoms with Gasteiger partial charge in [-0.25, -0.2) is 15.0 Å². The molecule has 0 aliphatic carbocycles. The quantitative estimate of drug-likeness (QED) is 0.149. The third kappa shape index (κ3) is 9.77. The van der Waals surface area contributed by atoms with E-state index in [0.29, 0.717) is 35.4 Å². The fourth-order valence-corrected chi connectivity index (χ4v) is 8.89. The summed E-state index contributed by atoms with van der Waals surface area (Å²) in [7, 11) is 0. The minimum absolute atomic E-state index is 0.00239. The van der Waals surface area contributed by atoms with Crippen LogP contribution in [0.25, 0.3) is 95.0 Å². The molecule has 75 heavy (non-hydrogen) atoms. The average Bonchev–Trinajstić information content (AvgIpc) is 3.70. The van der Waals surface area contributed by atoms with E-state index in [1.54, 1.807) is 60.7 Å². The number of rotatable bonds is 7. The highest BCUT2D eigenvalue weighted by atomic mass is 19.4. The Bertz CT molecular complexity index is 3610. The zero-order valence-electron chi connectivity index (χ0n) is 37.7. The second-order valence-electron chi connectivity index (χ2n) is 17.2. The molecule has 2 aromatic heterocycles. The first kappa shape index (κ1) is 50.1. The summed E-state index contributed by atoms with van der Waals surface area (Å²) in [5, 5.41) is 0.446. The molecule has 0 bridgehead atoms. The predicted octanol–water partition coefficient (Wildman–Crippen LogP) is 18.1. The third-order valence-electron chi connectivity index (χ3n) is 12.4. The lowest BCUT2D eigenvalue weighted by molar-refractivity contribution is -0.144. The van der Waals surface area contributed by atoms with Crippen molar-refractivity contribution in [3.63, 3.8) is 0 Å². The van der Waals surface area contributed by atoms with Crippen molar-refractivity contribution in [2.24, 2.45) is 0 Å². The zero-order valence-corrected chi connectivity index (χ0v) is 37.7. The molecule has 0 unspecified atom stereocenters. The van der Waals surface area contributed by atoms with Gasteiger partial charge in [-0.1, -0.05) is 115 Å². The summed E-state index contributed by atoms with van der Waals surface area (Å²) in [6.07, 6.45) is -25.7. The van der Waals surface area contributed by atoms with Gasteiger partial charge in [0.05, 0.1) is 44.5 Å². The minimum atomic E-state index is -5.33. The molecule has 0 atom stereocenters. The summed E-state index contributed by atoms with van der Waals surface area (Å²) in [4.78, 5) is 14.4. The molecule has 0 aliphatic rings. The standard InChI is InChI=1S/C56H29F15N4/c57-52(58,59)36-16-11-30(12-17-36)33-13-22-43(51-73-49(31-7-3-1-4-8-31)72-50(74-51)32-9-5-2-6-10-32)48(25-33)75-46-26-34(39-23-18-37(53(60,61)62)28-44(39)55(66,67)68)14-20-41(46)42-21-15-35(27-47(42)75)40-24-19-38(54(63,64)65)29-45(40)56(69,70)71/h1-29H. The average molecular weight is 1040 g/mol. The van der Waals surface area contributed by atoms with Gasteiger partial charge in [0.15, 0.2) is 17.5 Å². The Morgan fingerprint density at radius 3 is 1.07 bits per heavy atom. The number of alkyl halides is 15. The van der Waals surface area contributed by atoms with Gasteiger partial charge in [-0.05, 0) is 94.0 Å². The lowest BCUT2D eigenvalue weighted by atomic mass is 9.95. The molecule has 0 N–H and O–H groups in total. The maximum Gasteiger partial charge on any atom is 0.417 e. The van der Waals surface area contributed by atoms with Gasteiger partial charge in [0, 0.05) is 27.5 Å². The van der Waals surface area contributed by atoms with Crippen LogP contribution in [-0.4, -0.2) is 19.5 Å². The highest BCUT2D eigenvalue weighted by Crippen LogP contribution is 2.47. The smallest absolute Gasteiger partial charge is 0.308 e. The molecule has 0 saturated heterocycles.